The van der Waals surface area contributed by atoms with Gasteiger partial charge in [-0.2, -0.15) is 0 Å². The van der Waals surface area contributed by atoms with E-state index in [0.717, 1.165) is 21.8 Å². The Hall–Kier alpha value is -1.76. The number of hydrogen-bond donors (Lipinski definition) is 0. The van der Waals surface area contributed by atoms with Gasteiger partial charge in [0.1, 0.15) is 12.4 Å². The summed E-state index contributed by atoms with van der Waals surface area (Å²) in [4.78, 5) is 26.1. The van der Waals surface area contributed by atoms with Crippen LogP contribution in [0.1, 0.15) is 5.56 Å². The van der Waals surface area contributed by atoms with Crippen molar-refractivity contribution in [3.05, 3.63) is 68.5 Å². The summed E-state index contributed by atoms with van der Waals surface area (Å²) in [5.41, 5.74) is 0.859. The molecule has 1 saturated heterocycles. The summed E-state index contributed by atoms with van der Waals surface area (Å²) in [7, 11) is 0. The molecular weight excluding hydrogens is 426 g/mol. The Kier molecular flexibility index (Phi) is 5.83. The van der Waals surface area contributed by atoms with Crippen molar-refractivity contribution in [1.29, 1.82) is 0 Å². The lowest BCUT2D eigenvalue weighted by molar-refractivity contribution is -0.123. The van der Waals surface area contributed by atoms with E-state index in [2.05, 4.69) is 15.9 Å². The third-order valence-corrected chi connectivity index (χ3v) is 5.07. The van der Waals surface area contributed by atoms with Crippen LogP contribution in [-0.2, 0) is 4.79 Å². The van der Waals surface area contributed by atoms with E-state index in [1.54, 1.807) is 30.3 Å². The molecule has 0 N–H and O–H groups in total. The van der Waals surface area contributed by atoms with Crippen molar-refractivity contribution >= 4 is 56.5 Å². The Balaban J connectivity index is 1.62. The molecular formula is C18H13BrClNO3S. The van der Waals surface area contributed by atoms with Crippen LogP contribution in [0, 0.1) is 0 Å². The Bertz CT molecular complexity index is 838. The molecule has 1 aliphatic rings. The van der Waals surface area contributed by atoms with Gasteiger partial charge < -0.3 is 4.74 Å². The van der Waals surface area contributed by atoms with Crippen LogP contribution in [0.4, 0.5) is 4.79 Å². The molecule has 1 heterocycles. The average molecular weight is 439 g/mol. The topological polar surface area (TPSA) is 46.6 Å². The maximum atomic E-state index is 12.4. The third kappa shape index (κ3) is 4.66. The summed E-state index contributed by atoms with van der Waals surface area (Å²) in [6.07, 6.45) is 1.72. The van der Waals surface area contributed by atoms with Gasteiger partial charge in [0.15, 0.2) is 0 Å². The van der Waals surface area contributed by atoms with E-state index in [9.17, 15) is 9.59 Å². The number of imide groups is 1. The van der Waals surface area contributed by atoms with E-state index in [-0.39, 0.29) is 24.3 Å². The van der Waals surface area contributed by atoms with Crippen molar-refractivity contribution in [2.75, 3.05) is 13.2 Å². The first kappa shape index (κ1) is 18.0. The molecule has 1 aliphatic heterocycles. The van der Waals surface area contributed by atoms with Crippen molar-refractivity contribution in [2.24, 2.45) is 0 Å². The van der Waals surface area contributed by atoms with Gasteiger partial charge in [-0.05, 0) is 59.8 Å². The lowest BCUT2D eigenvalue weighted by Crippen LogP contribution is -2.32. The van der Waals surface area contributed by atoms with Gasteiger partial charge in [0.25, 0.3) is 11.1 Å². The van der Waals surface area contributed by atoms with Crippen molar-refractivity contribution in [1.82, 2.24) is 4.90 Å². The van der Waals surface area contributed by atoms with Gasteiger partial charge >= 0.3 is 0 Å². The van der Waals surface area contributed by atoms with Gasteiger partial charge in [0.05, 0.1) is 11.4 Å². The number of nitrogens with zero attached hydrogens (tertiary/aromatic N) is 1. The molecule has 25 heavy (non-hydrogen) atoms. The van der Waals surface area contributed by atoms with Crippen LogP contribution in [0.5, 0.6) is 5.75 Å². The number of ether oxygens (including phenoxy) is 1. The molecule has 4 nitrogen and oxygen atoms in total. The zero-order valence-corrected chi connectivity index (χ0v) is 16.1. The quantitative estimate of drug-likeness (QED) is 0.601. The number of thioether (sulfide) groups is 1. The fourth-order valence-electron chi connectivity index (χ4n) is 2.23. The summed E-state index contributed by atoms with van der Waals surface area (Å²) < 4.78 is 6.46. The minimum Gasteiger partial charge on any atom is -0.492 e. The highest BCUT2D eigenvalue weighted by Crippen LogP contribution is 2.32. The molecule has 2 aromatic carbocycles. The second kappa shape index (κ2) is 8.08. The molecule has 2 amide bonds. The zero-order valence-electron chi connectivity index (χ0n) is 12.9. The van der Waals surface area contributed by atoms with Crippen molar-refractivity contribution in [3.8, 4) is 5.75 Å². The van der Waals surface area contributed by atoms with Crippen molar-refractivity contribution < 1.29 is 14.3 Å². The van der Waals surface area contributed by atoms with Crippen LogP contribution >= 0.6 is 39.3 Å². The SMILES string of the molecule is O=C1S/C(=C\c2cccc(Br)c2)C(=O)N1CCOc1ccc(Cl)cc1. The number of carbonyl (C=O) groups excluding carboxylic acids is 2. The van der Waals surface area contributed by atoms with Crippen molar-refractivity contribution in [2.45, 2.75) is 0 Å². The monoisotopic (exact) mass is 437 g/mol. The van der Waals surface area contributed by atoms with E-state index in [0.29, 0.717) is 15.7 Å². The molecule has 3 rings (SSSR count). The van der Waals surface area contributed by atoms with Crippen molar-refractivity contribution in [3.63, 3.8) is 0 Å². The predicted molar refractivity (Wildman–Crippen MR) is 104 cm³/mol. The molecule has 128 valence electrons. The van der Waals surface area contributed by atoms with Gasteiger partial charge in [0.2, 0.25) is 0 Å². The molecule has 0 unspecified atom stereocenters. The minimum atomic E-state index is -0.297. The third-order valence-electron chi connectivity index (χ3n) is 3.42. The standard InChI is InChI=1S/C18H13BrClNO3S/c19-13-3-1-2-12(10-13)11-16-17(22)21(18(23)25-16)8-9-24-15-6-4-14(20)5-7-15/h1-7,10-11H,8-9H2/b16-11-. The first-order valence-electron chi connectivity index (χ1n) is 7.42. The van der Waals surface area contributed by atoms with Gasteiger partial charge in [-0.25, -0.2) is 0 Å². The van der Waals surface area contributed by atoms with Crippen LogP contribution in [0.2, 0.25) is 5.02 Å². The van der Waals surface area contributed by atoms with Gasteiger partial charge in [-0.3, -0.25) is 14.5 Å². The van der Waals surface area contributed by atoms with E-state index in [4.69, 9.17) is 16.3 Å². The fourth-order valence-corrected chi connectivity index (χ4v) is 3.63. The number of hydrogen-bond acceptors (Lipinski definition) is 4. The number of amides is 2. The lowest BCUT2D eigenvalue weighted by atomic mass is 10.2. The van der Waals surface area contributed by atoms with Gasteiger partial charge in [0, 0.05) is 9.50 Å². The van der Waals surface area contributed by atoms with Crippen LogP contribution < -0.4 is 4.74 Å². The highest BCUT2D eigenvalue weighted by molar-refractivity contribution is 9.10. The highest BCUT2D eigenvalue weighted by atomic mass is 79.9. The van der Waals surface area contributed by atoms with Crippen LogP contribution in [0.3, 0.4) is 0 Å². The fraction of sp³-hybridized carbons (Fsp3) is 0.111. The lowest BCUT2D eigenvalue weighted by Gasteiger charge is -2.13. The number of halogens is 2. The predicted octanol–water partition coefficient (Wildman–Crippen LogP) is 5.22. The summed E-state index contributed by atoms with van der Waals surface area (Å²) >= 11 is 10.1. The normalized spacial score (nSPS) is 15.9. The number of rotatable bonds is 5. The Morgan fingerprint density at radius 1 is 1.16 bits per heavy atom. The molecule has 0 saturated carbocycles. The molecule has 0 aromatic heterocycles. The first-order valence-corrected chi connectivity index (χ1v) is 9.41. The first-order chi connectivity index (χ1) is 12.0. The summed E-state index contributed by atoms with van der Waals surface area (Å²) in [6, 6.07) is 14.5. The minimum absolute atomic E-state index is 0.198. The number of benzene rings is 2. The molecule has 0 spiro atoms. The van der Waals surface area contributed by atoms with E-state index in [1.165, 1.54) is 4.90 Å². The van der Waals surface area contributed by atoms with Gasteiger partial charge in [-0.1, -0.05) is 39.7 Å². The maximum absolute atomic E-state index is 12.4. The summed E-state index contributed by atoms with van der Waals surface area (Å²) in [5, 5.41) is 0.335. The Morgan fingerprint density at radius 2 is 1.92 bits per heavy atom. The molecule has 0 bridgehead atoms. The average Bonchev–Trinajstić information content (AvgIpc) is 2.84. The molecule has 0 aliphatic carbocycles. The number of carbonyl (C=O) groups is 2. The smallest absolute Gasteiger partial charge is 0.293 e. The molecule has 1 fully saturated rings. The summed E-state index contributed by atoms with van der Waals surface area (Å²) in [6.45, 7) is 0.424. The Labute approximate surface area is 162 Å². The summed E-state index contributed by atoms with van der Waals surface area (Å²) in [5.74, 6) is 0.343. The van der Waals surface area contributed by atoms with E-state index >= 15 is 0 Å². The second-order valence-electron chi connectivity index (χ2n) is 5.19. The Morgan fingerprint density at radius 3 is 2.64 bits per heavy atom. The van der Waals surface area contributed by atoms with E-state index < -0.39 is 0 Å². The largest absolute Gasteiger partial charge is 0.492 e. The molecule has 0 atom stereocenters. The van der Waals surface area contributed by atoms with Crippen LogP contribution in [-0.4, -0.2) is 29.2 Å². The molecule has 0 radical (unpaired) electrons. The second-order valence-corrected chi connectivity index (χ2v) is 7.54. The molecule has 2 aromatic rings. The van der Waals surface area contributed by atoms with Crippen LogP contribution in [0.25, 0.3) is 6.08 Å². The van der Waals surface area contributed by atoms with Crippen LogP contribution in [0.15, 0.2) is 57.9 Å². The van der Waals surface area contributed by atoms with E-state index in [1.807, 2.05) is 24.3 Å². The van der Waals surface area contributed by atoms with Gasteiger partial charge in [-0.15, -0.1) is 0 Å². The highest BCUT2D eigenvalue weighted by Gasteiger charge is 2.34. The molecule has 7 heteroatoms. The zero-order chi connectivity index (χ0) is 17.8. The maximum Gasteiger partial charge on any atom is 0.293 e.